The number of amides is 2. The zero-order valence-electron chi connectivity index (χ0n) is 13.9. The fourth-order valence-corrected chi connectivity index (χ4v) is 2.54. The van der Waals surface area contributed by atoms with Gasteiger partial charge in [-0.1, -0.05) is 13.0 Å². The minimum atomic E-state index is -4.89. The molecule has 1 aromatic carbocycles. The van der Waals surface area contributed by atoms with E-state index in [1.165, 1.54) is 12.1 Å². The molecule has 0 heterocycles. The standard InChI is InChI=1S/C15H20F3N3O4S/c1-2-26-7-6-11(19)12(22)14(24)21-20-13(23)9-4-3-5-10(8-9)25-15(16,17)18/h3-5,8,11-12,22H,2,6-7,19H2,1H3,(H,20,23)(H,21,24)/t11-,12?/m1/s1. The number of aliphatic hydroxyl groups is 1. The topological polar surface area (TPSA) is 114 Å². The van der Waals surface area contributed by atoms with Crippen molar-refractivity contribution in [3.8, 4) is 5.75 Å². The summed E-state index contributed by atoms with van der Waals surface area (Å²) in [6.07, 6.45) is -6.02. The minimum absolute atomic E-state index is 0.176. The van der Waals surface area contributed by atoms with Crippen molar-refractivity contribution >= 4 is 23.6 Å². The maximum atomic E-state index is 12.2. The van der Waals surface area contributed by atoms with Crippen molar-refractivity contribution in [2.24, 2.45) is 5.73 Å². The molecule has 0 aliphatic carbocycles. The van der Waals surface area contributed by atoms with Gasteiger partial charge in [-0.15, -0.1) is 13.2 Å². The number of hydrogen-bond acceptors (Lipinski definition) is 6. The van der Waals surface area contributed by atoms with Crippen molar-refractivity contribution in [3.05, 3.63) is 29.8 Å². The van der Waals surface area contributed by atoms with Gasteiger partial charge in [0.2, 0.25) is 0 Å². The van der Waals surface area contributed by atoms with Gasteiger partial charge in [-0.2, -0.15) is 11.8 Å². The molecule has 11 heteroatoms. The van der Waals surface area contributed by atoms with Crippen molar-refractivity contribution in [1.82, 2.24) is 10.9 Å². The van der Waals surface area contributed by atoms with E-state index < -0.39 is 36.1 Å². The van der Waals surface area contributed by atoms with E-state index in [1.807, 2.05) is 17.8 Å². The van der Waals surface area contributed by atoms with Crippen LogP contribution in [0.15, 0.2) is 24.3 Å². The van der Waals surface area contributed by atoms with Gasteiger partial charge in [0.1, 0.15) is 11.9 Å². The zero-order chi connectivity index (χ0) is 19.7. The summed E-state index contributed by atoms with van der Waals surface area (Å²) < 4.78 is 40.3. The number of benzene rings is 1. The van der Waals surface area contributed by atoms with E-state index in [4.69, 9.17) is 5.73 Å². The highest BCUT2D eigenvalue weighted by atomic mass is 32.2. The van der Waals surface area contributed by atoms with Crippen LogP contribution in [0.5, 0.6) is 5.75 Å². The SMILES string of the molecule is CCSCC[C@@H](N)C(O)C(=O)NNC(=O)c1cccc(OC(F)(F)F)c1. The molecule has 1 unspecified atom stereocenters. The van der Waals surface area contributed by atoms with Gasteiger partial charge in [0, 0.05) is 11.6 Å². The molecule has 26 heavy (non-hydrogen) atoms. The van der Waals surface area contributed by atoms with E-state index in [1.54, 1.807) is 11.8 Å². The average Bonchev–Trinajstić information content (AvgIpc) is 2.57. The summed E-state index contributed by atoms with van der Waals surface area (Å²) in [5.41, 5.74) is 9.50. The monoisotopic (exact) mass is 395 g/mol. The number of thioether (sulfide) groups is 1. The summed E-state index contributed by atoms with van der Waals surface area (Å²) in [6.45, 7) is 1.96. The fourth-order valence-electron chi connectivity index (χ4n) is 1.81. The molecule has 1 rings (SSSR count). The molecule has 0 saturated heterocycles. The highest BCUT2D eigenvalue weighted by molar-refractivity contribution is 7.99. The van der Waals surface area contributed by atoms with E-state index in [-0.39, 0.29) is 5.56 Å². The number of hydrogen-bond donors (Lipinski definition) is 4. The molecule has 7 nitrogen and oxygen atoms in total. The highest BCUT2D eigenvalue weighted by Crippen LogP contribution is 2.23. The Hall–Kier alpha value is -1.98. The lowest BCUT2D eigenvalue weighted by molar-refractivity contribution is -0.274. The summed E-state index contributed by atoms with van der Waals surface area (Å²) in [7, 11) is 0. The van der Waals surface area contributed by atoms with Crippen LogP contribution in [-0.2, 0) is 4.79 Å². The van der Waals surface area contributed by atoms with Gasteiger partial charge in [0.15, 0.2) is 0 Å². The van der Waals surface area contributed by atoms with Gasteiger partial charge < -0.3 is 15.6 Å². The number of carbonyl (C=O) groups excluding carboxylic acids is 2. The van der Waals surface area contributed by atoms with Crippen LogP contribution < -0.4 is 21.3 Å². The summed E-state index contributed by atoms with van der Waals surface area (Å²) in [5.74, 6) is -0.835. The molecule has 0 aromatic heterocycles. The van der Waals surface area contributed by atoms with E-state index in [2.05, 4.69) is 4.74 Å². The Bertz CT molecular complexity index is 616. The van der Waals surface area contributed by atoms with Gasteiger partial charge in [0.25, 0.3) is 11.8 Å². The molecule has 0 aliphatic heterocycles. The predicted octanol–water partition coefficient (Wildman–Crippen LogP) is 1.18. The fraction of sp³-hybridized carbons (Fsp3) is 0.467. The Morgan fingerprint density at radius 3 is 2.65 bits per heavy atom. The summed E-state index contributed by atoms with van der Waals surface area (Å²) in [5, 5.41) is 9.80. The van der Waals surface area contributed by atoms with Gasteiger partial charge in [-0.05, 0) is 36.1 Å². The lowest BCUT2D eigenvalue weighted by Crippen LogP contribution is -2.52. The Morgan fingerprint density at radius 2 is 2.04 bits per heavy atom. The third-order valence-corrected chi connectivity index (χ3v) is 4.04. The molecule has 0 saturated carbocycles. The number of halogens is 3. The first-order valence-corrected chi connectivity index (χ1v) is 8.77. The minimum Gasteiger partial charge on any atom is -0.406 e. The summed E-state index contributed by atoms with van der Waals surface area (Å²) in [6, 6.07) is 3.50. The molecule has 2 atom stereocenters. The van der Waals surface area contributed by atoms with Crippen molar-refractivity contribution in [1.29, 1.82) is 0 Å². The maximum Gasteiger partial charge on any atom is 0.573 e. The predicted molar refractivity (Wildman–Crippen MR) is 90.3 cm³/mol. The Morgan fingerprint density at radius 1 is 1.35 bits per heavy atom. The molecule has 146 valence electrons. The van der Waals surface area contributed by atoms with E-state index >= 15 is 0 Å². The normalized spacial score (nSPS) is 13.6. The first-order valence-electron chi connectivity index (χ1n) is 7.61. The molecule has 0 bridgehead atoms. The second-order valence-electron chi connectivity index (χ2n) is 5.11. The van der Waals surface area contributed by atoms with Crippen LogP contribution in [0, 0.1) is 0 Å². The number of hydrazine groups is 1. The number of carbonyl (C=O) groups is 2. The number of nitrogens with one attached hydrogen (secondary N) is 2. The van der Waals surface area contributed by atoms with Crippen molar-refractivity contribution in [2.75, 3.05) is 11.5 Å². The largest absolute Gasteiger partial charge is 0.573 e. The quantitative estimate of drug-likeness (QED) is 0.388. The number of aliphatic hydroxyl groups excluding tert-OH is 1. The lowest BCUT2D eigenvalue weighted by atomic mass is 10.1. The van der Waals surface area contributed by atoms with Gasteiger partial charge in [0.05, 0.1) is 0 Å². The Labute approximate surface area is 152 Å². The number of ether oxygens (including phenoxy) is 1. The van der Waals surface area contributed by atoms with Crippen molar-refractivity contribution in [3.63, 3.8) is 0 Å². The molecule has 0 radical (unpaired) electrons. The average molecular weight is 395 g/mol. The molecule has 0 fully saturated rings. The van der Waals surface area contributed by atoms with Crippen LogP contribution in [0.1, 0.15) is 23.7 Å². The summed E-state index contributed by atoms with van der Waals surface area (Å²) >= 11 is 1.60. The lowest BCUT2D eigenvalue weighted by Gasteiger charge is -2.18. The molecule has 0 aliphatic rings. The van der Waals surface area contributed by atoms with Crippen LogP contribution >= 0.6 is 11.8 Å². The number of rotatable bonds is 8. The van der Waals surface area contributed by atoms with Crippen molar-refractivity contribution in [2.45, 2.75) is 31.9 Å². The number of nitrogens with two attached hydrogens (primary N) is 1. The van der Waals surface area contributed by atoms with E-state index in [0.29, 0.717) is 12.2 Å². The zero-order valence-corrected chi connectivity index (χ0v) is 14.7. The molecule has 5 N–H and O–H groups in total. The molecule has 2 amide bonds. The number of alkyl halides is 3. The third kappa shape index (κ3) is 7.93. The van der Waals surface area contributed by atoms with Crippen molar-refractivity contribution < 1.29 is 32.6 Å². The summed E-state index contributed by atoms with van der Waals surface area (Å²) in [4.78, 5) is 23.7. The molecule has 0 spiro atoms. The van der Waals surface area contributed by atoms with Gasteiger partial charge in [-0.25, -0.2) is 0 Å². The third-order valence-electron chi connectivity index (χ3n) is 3.10. The van der Waals surface area contributed by atoms with Crippen LogP contribution in [0.4, 0.5) is 13.2 Å². The van der Waals surface area contributed by atoms with Crippen LogP contribution in [-0.4, -0.2) is 46.9 Å². The Balaban J connectivity index is 2.55. The van der Waals surface area contributed by atoms with E-state index in [9.17, 15) is 27.9 Å². The second-order valence-corrected chi connectivity index (χ2v) is 6.51. The molecule has 1 aromatic rings. The second kappa shape index (κ2) is 10.2. The molecular formula is C15H20F3N3O4S. The van der Waals surface area contributed by atoms with Crippen LogP contribution in [0.2, 0.25) is 0 Å². The van der Waals surface area contributed by atoms with Crippen LogP contribution in [0.25, 0.3) is 0 Å². The maximum absolute atomic E-state index is 12.2. The highest BCUT2D eigenvalue weighted by Gasteiger charge is 2.31. The molecular weight excluding hydrogens is 375 g/mol. The van der Waals surface area contributed by atoms with Gasteiger partial charge >= 0.3 is 6.36 Å². The van der Waals surface area contributed by atoms with Crippen LogP contribution in [0.3, 0.4) is 0 Å². The smallest absolute Gasteiger partial charge is 0.406 e. The first-order chi connectivity index (χ1) is 12.1. The first kappa shape index (κ1) is 22.1. The van der Waals surface area contributed by atoms with E-state index in [0.717, 1.165) is 17.9 Å². The Kier molecular flexibility index (Phi) is 8.69. The van der Waals surface area contributed by atoms with Gasteiger partial charge in [-0.3, -0.25) is 20.4 Å².